The van der Waals surface area contributed by atoms with Crippen molar-refractivity contribution >= 4 is 11.7 Å². The smallest absolute Gasteiger partial charge is 0.255 e. The van der Waals surface area contributed by atoms with Crippen LogP contribution in [0.5, 0.6) is 0 Å². The van der Waals surface area contributed by atoms with Crippen LogP contribution in [0.2, 0.25) is 0 Å². The Morgan fingerprint density at radius 1 is 1.56 bits per heavy atom. The predicted octanol–water partition coefficient (Wildman–Crippen LogP) is 1.66. The molecule has 1 aliphatic rings. The molecular formula is C13H15FN2O2. The number of pyridine rings is 1. The Morgan fingerprint density at radius 2 is 2.33 bits per heavy atom. The lowest BCUT2D eigenvalue weighted by Gasteiger charge is -2.31. The fourth-order valence-corrected chi connectivity index (χ4v) is 2.16. The molecule has 1 aromatic heterocycles. The van der Waals surface area contributed by atoms with E-state index in [-0.39, 0.29) is 23.2 Å². The topological polar surface area (TPSA) is 50.3 Å². The number of ketones is 1. The van der Waals surface area contributed by atoms with E-state index in [0.29, 0.717) is 19.5 Å². The second kappa shape index (κ2) is 5.25. The maximum absolute atomic E-state index is 13.0. The van der Waals surface area contributed by atoms with Gasteiger partial charge in [-0.25, -0.2) is 4.39 Å². The molecule has 2 rings (SSSR count). The number of hydrogen-bond donors (Lipinski definition) is 0. The highest BCUT2D eigenvalue weighted by Crippen LogP contribution is 2.18. The molecule has 1 saturated heterocycles. The summed E-state index contributed by atoms with van der Waals surface area (Å²) in [6.45, 7) is 2.76. The highest BCUT2D eigenvalue weighted by Gasteiger charge is 2.29. The predicted molar refractivity (Wildman–Crippen MR) is 63.5 cm³/mol. The molecule has 1 fully saturated rings. The number of piperidine rings is 1. The molecule has 5 heteroatoms. The van der Waals surface area contributed by atoms with Gasteiger partial charge >= 0.3 is 0 Å². The first-order valence-corrected chi connectivity index (χ1v) is 6.04. The molecule has 1 unspecified atom stereocenters. The zero-order valence-corrected chi connectivity index (χ0v) is 10.2. The fourth-order valence-electron chi connectivity index (χ4n) is 2.16. The van der Waals surface area contributed by atoms with Crippen molar-refractivity contribution in [3.63, 3.8) is 0 Å². The molecule has 96 valence electrons. The van der Waals surface area contributed by atoms with E-state index in [1.165, 1.54) is 12.3 Å². The number of Topliss-reactive ketones (excluding diaryl/α,β-unsaturated/α-hetero) is 1. The highest BCUT2D eigenvalue weighted by atomic mass is 19.1. The van der Waals surface area contributed by atoms with Gasteiger partial charge in [-0.3, -0.25) is 14.6 Å². The minimum absolute atomic E-state index is 0.0933. The molecule has 1 aliphatic heterocycles. The zero-order valence-electron chi connectivity index (χ0n) is 10.2. The van der Waals surface area contributed by atoms with Gasteiger partial charge in [0, 0.05) is 31.6 Å². The van der Waals surface area contributed by atoms with E-state index in [2.05, 4.69) is 4.98 Å². The molecule has 18 heavy (non-hydrogen) atoms. The molecule has 0 radical (unpaired) electrons. The molecule has 2 heterocycles. The second-order valence-electron chi connectivity index (χ2n) is 4.46. The quantitative estimate of drug-likeness (QED) is 0.802. The lowest BCUT2D eigenvalue weighted by Crippen LogP contribution is -2.44. The number of carbonyl (C=O) groups is 2. The van der Waals surface area contributed by atoms with Gasteiger partial charge in [-0.15, -0.1) is 0 Å². The van der Waals surface area contributed by atoms with Gasteiger partial charge in [-0.2, -0.15) is 0 Å². The van der Waals surface area contributed by atoms with Crippen LogP contribution in [0, 0.1) is 11.7 Å². The Balaban J connectivity index is 2.12. The van der Waals surface area contributed by atoms with Gasteiger partial charge in [-0.1, -0.05) is 6.92 Å². The summed E-state index contributed by atoms with van der Waals surface area (Å²) in [5.41, 5.74) is 0.235. The zero-order chi connectivity index (χ0) is 13.1. The first-order chi connectivity index (χ1) is 8.61. The Bertz CT molecular complexity index is 476. The van der Waals surface area contributed by atoms with E-state index in [9.17, 15) is 14.0 Å². The standard InChI is InChI=1S/C13H15FN2O2/c1-2-9-8-16(4-3-12(9)17)13(18)10-5-11(14)7-15-6-10/h5-7,9H,2-4,8H2,1H3. The Morgan fingerprint density at radius 3 is 3.00 bits per heavy atom. The molecule has 1 amide bonds. The van der Waals surface area contributed by atoms with E-state index >= 15 is 0 Å². The van der Waals surface area contributed by atoms with Gasteiger partial charge in [0.15, 0.2) is 0 Å². The Hall–Kier alpha value is -1.78. The third-order valence-corrected chi connectivity index (χ3v) is 3.26. The molecule has 0 N–H and O–H groups in total. The lowest BCUT2D eigenvalue weighted by atomic mass is 9.94. The summed E-state index contributed by atoms with van der Waals surface area (Å²) in [5, 5.41) is 0. The molecule has 0 saturated carbocycles. The van der Waals surface area contributed by atoms with Crippen LogP contribution in [0.1, 0.15) is 30.1 Å². The number of amides is 1. The van der Waals surface area contributed by atoms with Crippen molar-refractivity contribution in [1.82, 2.24) is 9.88 Å². The average Bonchev–Trinajstić information content (AvgIpc) is 2.38. The number of nitrogens with zero attached hydrogens (tertiary/aromatic N) is 2. The molecule has 0 spiro atoms. The molecule has 1 atom stereocenters. The van der Waals surface area contributed by atoms with Crippen LogP contribution in [-0.4, -0.2) is 34.7 Å². The van der Waals surface area contributed by atoms with Crippen molar-refractivity contribution in [2.75, 3.05) is 13.1 Å². The van der Waals surface area contributed by atoms with Crippen molar-refractivity contribution < 1.29 is 14.0 Å². The minimum atomic E-state index is -0.527. The van der Waals surface area contributed by atoms with E-state index < -0.39 is 5.82 Å². The molecular weight excluding hydrogens is 235 g/mol. The number of halogens is 1. The number of aromatic nitrogens is 1. The van der Waals surface area contributed by atoms with Gasteiger partial charge in [-0.05, 0) is 12.5 Å². The van der Waals surface area contributed by atoms with Crippen molar-refractivity contribution in [2.24, 2.45) is 5.92 Å². The molecule has 0 aliphatic carbocycles. The van der Waals surface area contributed by atoms with Crippen LogP contribution in [-0.2, 0) is 4.79 Å². The van der Waals surface area contributed by atoms with Crippen molar-refractivity contribution in [3.8, 4) is 0 Å². The van der Waals surface area contributed by atoms with Gasteiger partial charge in [0.05, 0.1) is 11.8 Å². The summed E-state index contributed by atoms with van der Waals surface area (Å²) in [5.74, 6) is -0.669. The van der Waals surface area contributed by atoms with E-state index in [1.807, 2.05) is 6.92 Å². The molecule has 0 aromatic carbocycles. The van der Waals surface area contributed by atoms with Crippen LogP contribution in [0.4, 0.5) is 4.39 Å². The summed E-state index contributed by atoms with van der Waals surface area (Å²) < 4.78 is 13.0. The van der Waals surface area contributed by atoms with Crippen LogP contribution in [0.25, 0.3) is 0 Å². The van der Waals surface area contributed by atoms with Gasteiger partial charge < -0.3 is 4.90 Å². The summed E-state index contributed by atoms with van der Waals surface area (Å²) in [6.07, 6.45) is 3.52. The van der Waals surface area contributed by atoms with Crippen molar-refractivity contribution in [1.29, 1.82) is 0 Å². The number of hydrogen-bond acceptors (Lipinski definition) is 3. The van der Waals surface area contributed by atoms with Crippen molar-refractivity contribution in [2.45, 2.75) is 19.8 Å². The van der Waals surface area contributed by atoms with E-state index in [1.54, 1.807) is 4.90 Å². The summed E-state index contributed by atoms with van der Waals surface area (Å²) >= 11 is 0. The van der Waals surface area contributed by atoms with Crippen LogP contribution in [0.3, 0.4) is 0 Å². The molecule has 1 aromatic rings. The third kappa shape index (κ3) is 2.55. The fraction of sp³-hybridized carbons (Fsp3) is 0.462. The summed E-state index contributed by atoms with van der Waals surface area (Å²) in [6, 6.07) is 1.17. The largest absolute Gasteiger partial charge is 0.337 e. The third-order valence-electron chi connectivity index (χ3n) is 3.26. The van der Waals surface area contributed by atoms with Gasteiger partial charge in [0.2, 0.25) is 0 Å². The van der Waals surface area contributed by atoms with Crippen LogP contribution >= 0.6 is 0 Å². The normalized spacial score (nSPS) is 20.0. The maximum atomic E-state index is 13.0. The molecule has 0 bridgehead atoms. The maximum Gasteiger partial charge on any atom is 0.255 e. The number of rotatable bonds is 2. The first-order valence-electron chi connectivity index (χ1n) is 6.04. The SMILES string of the molecule is CCC1CN(C(=O)c2cncc(F)c2)CCC1=O. The van der Waals surface area contributed by atoms with Gasteiger partial charge in [0.25, 0.3) is 5.91 Å². The Kier molecular flexibility index (Phi) is 3.69. The Labute approximate surface area is 105 Å². The van der Waals surface area contributed by atoms with Crippen molar-refractivity contribution in [3.05, 3.63) is 29.8 Å². The number of likely N-dealkylation sites (tertiary alicyclic amines) is 1. The lowest BCUT2D eigenvalue weighted by molar-refractivity contribution is -0.125. The highest BCUT2D eigenvalue weighted by molar-refractivity contribution is 5.95. The van der Waals surface area contributed by atoms with E-state index in [4.69, 9.17) is 0 Å². The number of carbonyl (C=O) groups excluding carboxylic acids is 2. The monoisotopic (exact) mass is 250 g/mol. The van der Waals surface area contributed by atoms with Crippen LogP contribution < -0.4 is 0 Å². The summed E-state index contributed by atoms with van der Waals surface area (Å²) in [7, 11) is 0. The second-order valence-corrected chi connectivity index (χ2v) is 4.46. The average molecular weight is 250 g/mol. The first kappa shape index (κ1) is 12.7. The minimum Gasteiger partial charge on any atom is -0.337 e. The van der Waals surface area contributed by atoms with Gasteiger partial charge in [0.1, 0.15) is 11.6 Å². The molecule has 4 nitrogen and oxygen atoms in total. The van der Waals surface area contributed by atoms with Crippen LogP contribution in [0.15, 0.2) is 18.5 Å². The summed E-state index contributed by atoms with van der Waals surface area (Å²) in [4.78, 5) is 29.0. The van der Waals surface area contributed by atoms with E-state index in [0.717, 1.165) is 12.6 Å².